The maximum atomic E-state index is 11.9. The van der Waals surface area contributed by atoms with Gasteiger partial charge in [0.25, 0.3) is 5.91 Å². The van der Waals surface area contributed by atoms with Crippen molar-refractivity contribution in [1.82, 2.24) is 5.32 Å². The van der Waals surface area contributed by atoms with Crippen LogP contribution in [0.2, 0.25) is 0 Å². The third-order valence-electron chi connectivity index (χ3n) is 2.88. The number of amides is 2. The molecule has 1 aromatic carbocycles. The van der Waals surface area contributed by atoms with Crippen LogP contribution in [0.5, 0.6) is 5.75 Å². The molecule has 1 aliphatic heterocycles. The summed E-state index contributed by atoms with van der Waals surface area (Å²) in [5.74, 6) is -0.311. The first-order valence-electron chi connectivity index (χ1n) is 5.87. The summed E-state index contributed by atoms with van der Waals surface area (Å²) in [6, 6.07) is 6.57. The Labute approximate surface area is 110 Å². The highest BCUT2D eigenvalue weighted by atomic mass is 16.5. The zero-order valence-corrected chi connectivity index (χ0v) is 10.6. The summed E-state index contributed by atoms with van der Waals surface area (Å²) in [4.78, 5) is 23.5. The van der Waals surface area contributed by atoms with E-state index >= 15 is 0 Å². The van der Waals surface area contributed by atoms with Crippen LogP contribution in [0, 0.1) is 0 Å². The molecule has 1 saturated heterocycles. The Kier molecular flexibility index (Phi) is 3.82. The lowest BCUT2D eigenvalue weighted by Gasteiger charge is -2.36. The van der Waals surface area contributed by atoms with E-state index in [0.717, 1.165) is 0 Å². The number of nitrogens with one attached hydrogen (secondary N) is 1. The molecule has 2 rings (SSSR count). The molecule has 0 bridgehead atoms. The summed E-state index contributed by atoms with van der Waals surface area (Å²) in [5, 5.41) is 2.30. The van der Waals surface area contributed by atoms with Crippen LogP contribution >= 0.6 is 0 Å². The molecule has 19 heavy (non-hydrogen) atoms. The molecule has 1 aliphatic rings. The summed E-state index contributed by atoms with van der Waals surface area (Å²) < 4.78 is 9.97. The maximum Gasteiger partial charge on any atom is 0.257 e. The molecule has 0 unspecified atom stereocenters. The van der Waals surface area contributed by atoms with Gasteiger partial charge < -0.3 is 15.2 Å². The van der Waals surface area contributed by atoms with Gasteiger partial charge in [0.2, 0.25) is 5.91 Å². The number of methoxy groups -OCH3 is 1. The third kappa shape index (κ3) is 3.30. The Morgan fingerprint density at radius 1 is 1.47 bits per heavy atom. The van der Waals surface area contributed by atoms with Crippen LogP contribution in [-0.4, -0.2) is 37.7 Å². The fourth-order valence-corrected chi connectivity index (χ4v) is 1.79. The number of ether oxygens (including phenoxy) is 2. The van der Waals surface area contributed by atoms with Gasteiger partial charge in [0.15, 0.2) is 0 Å². The molecule has 0 atom stereocenters. The van der Waals surface area contributed by atoms with Crippen molar-refractivity contribution in [3.8, 4) is 5.75 Å². The normalized spacial score (nSPS) is 16.3. The van der Waals surface area contributed by atoms with Crippen molar-refractivity contribution in [1.29, 1.82) is 0 Å². The lowest BCUT2D eigenvalue weighted by Crippen LogP contribution is -2.59. The van der Waals surface area contributed by atoms with Gasteiger partial charge in [-0.15, -0.1) is 0 Å². The Hall–Kier alpha value is -1.92. The van der Waals surface area contributed by atoms with Gasteiger partial charge >= 0.3 is 0 Å². The molecule has 0 aliphatic carbocycles. The smallest absolute Gasteiger partial charge is 0.257 e. The fraction of sp³-hybridized carbons (Fsp3) is 0.385. The van der Waals surface area contributed by atoms with E-state index < -0.39 is 17.4 Å². The number of rotatable bonds is 4. The molecule has 6 heteroatoms. The average Bonchev–Trinajstić information content (AvgIpc) is 2.36. The van der Waals surface area contributed by atoms with E-state index in [9.17, 15) is 9.59 Å². The molecule has 3 N–H and O–H groups in total. The molecule has 0 aromatic heterocycles. The van der Waals surface area contributed by atoms with Gasteiger partial charge in [0.05, 0.1) is 25.9 Å². The van der Waals surface area contributed by atoms with Crippen molar-refractivity contribution in [2.24, 2.45) is 5.73 Å². The largest absolute Gasteiger partial charge is 0.497 e. The lowest BCUT2D eigenvalue weighted by atomic mass is 9.94. The van der Waals surface area contributed by atoms with E-state index in [1.807, 2.05) is 0 Å². The molecule has 2 amide bonds. The molecule has 0 saturated carbocycles. The predicted molar refractivity (Wildman–Crippen MR) is 67.8 cm³/mol. The molecule has 0 spiro atoms. The first-order valence-corrected chi connectivity index (χ1v) is 5.87. The van der Waals surface area contributed by atoms with E-state index in [2.05, 4.69) is 5.32 Å². The van der Waals surface area contributed by atoms with Crippen molar-refractivity contribution in [2.75, 3.05) is 20.3 Å². The van der Waals surface area contributed by atoms with Crippen LogP contribution in [0.1, 0.15) is 16.8 Å². The van der Waals surface area contributed by atoms with Gasteiger partial charge in [0, 0.05) is 12.0 Å². The molecule has 1 aromatic rings. The van der Waals surface area contributed by atoms with Gasteiger partial charge in [-0.1, -0.05) is 6.07 Å². The predicted octanol–water partition coefficient (Wildman–Crippen LogP) is 0.0694. The van der Waals surface area contributed by atoms with Crippen molar-refractivity contribution in [3.63, 3.8) is 0 Å². The highest BCUT2D eigenvalue weighted by Gasteiger charge is 2.36. The lowest BCUT2D eigenvalue weighted by molar-refractivity contribution is -0.127. The van der Waals surface area contributed by atoms with Crippen molar-refractivity contribution in [2.45, 2.75) is 12.0 Å². The minimum absolute atomic E-state index is 0.0721. The van der Waals surface area contributed by atoms with Crippen molar-refractivity contribution < 1.29 is 19.1 Å². The highest BCUT2D eigenvalue weighted by Crippen LogP contribution is 2.17. The monoisotopic (exact) mass is 264 g/mol. The SMILES string of the molecule is COc1cccc(C(=O)NC(=O)CC2(N)COC2)c1. The third-order valence-corrected chi connectivity index (χ3v) is 2.88. The second kappa shape index (κ2) is 5.38. The zero-order valence-electron chi connectivity index (χ0n) is 10.6. The summed E-state index contributed by atoms with van der Waals surface area (Å²) in [5.41, 5.74) is 5.57. The van der Waals surface area contributed by atoms with Crippen LogP contribution in [0.15, 0.2) is 24.3 Å². The summed E-state index contributed by atoms with van der Waals surface area (Å²) >= 11 is 0. The van der Waals surface area contributed by atoms with Crippen LogP contribution in [0.3, 0.4) is 0 Å². The molecular weight excluding hydrogens is 248 g/mol. The van der Waals surface area contributed by atoms with E-state index in [-0.39, 0.29) is 6.42 Å². The zero-order chi connectivity index (χ0) is 13.9. The standard InChI is InChI=1S/C13H16N2O4/c1-18-10-4-2-3-9(5-10)12(17)15-11(16)6-13(14)7-19-8-13/h2-5H,6-8,14H2,1H3,(H,15,16,17). The number of carbonyl (C=O) groups excluding carboxylic acids is 2. The minimum Gasteiger partial charge on any atom is -0.497 e. The second-order valence-electron chi connectivity index (χ2n) is 4.64. The number of carbonyl (C=O) groups is 2. The topological polar surface area (TPSA) is 90.7 Å². The second-order valence-corrected chi connectivity index (χ2v) is 4.64. The van der Waals surface area contributed by atoms with E-state index in [1.165, 1.54) is 7.11 Å². The Bertz CT molecular complexity index is 497. The first-order chi connectivity index (χ1) is 9.02. The van der Waals surface area contributed by atoms with Crippen LogP contribution in [0.4, 0.5) is 0 Å². The Morgan fingerprint density at radius 3 is 2.79 bits per heavy atom. The summed E-state index contributed by atoms with van der Waals surface area (Å²) in [6.07, 6.45) is 0.0721. The fourth-order valence-electron chi connectivity index (χ4n) is 1.79. The van der Waals surface area contributed by atoms with E-state index in [1.54, 1.807) is 24.3 Å². The molecule has 1 fully saturated rings. The minimum atomic E-state index is -0.640. The molecule has 102 valence electrons. The van der Waals surface area contributed by atoms with Crippen molar-refractivity contribution in [3.05, 3.63) is 29.8 Å². The van der Waals surface area contributed by atoms with Crippen LogP contribution < -0.4 is 15.8 Å². The molecule has 6 nitrogen and oxygen atoms in total. The number of benzene rings is 1. The van der Waals surface area contributed by atoms with Gasteiger partial charge in [-0.05, 0) is 18.2 Å². The Balaban J connectivity index is 1.94. The first kappa shape index (κ1) is 13.5. The number of imide groups is 1. The van der Waals surface area contributed by atoms with Gasteiger partial charge in [-0.3, -0.25) is 14.9 Å². The van der Waals surface area contributed by atoms with Crippen LogP contribution in [-0.2, 0) is 9.53 Å². The Morgan fingerprint density at radius 2 is 2.21 bits per heavy atom. The summed E-state index contributed by atoms with van der Waals surface area (Å²) in [7, 11) is 1.51. The van der Waals surface area contributed by atoms with Crippen LogP contribution in [0.25, 0.3) is 0 Å². The van der Waals surface area contributed by atoms with E-state index in [4.69, 9.17) is 15.2 Å². The maximum absolute atomic E-state index is 11.9. The molecular formula is C13H16N2O4. The number of hydrogen-bond acceptors (Lipinski definition) is 5. The highest BCUT2D eigenvalue weighted by molar-refractivity contribution is 6.05. The van der Waals surface area contributed by atoms with Gasteiger partial charge in [-0.25, -0.2) is 0 Å². The summed E-state index contributed by atoms with van der Waals surface area (Å²) in [6.45, 7) is 0.682. The molecule has 0 radical (unpaired) electrons. The van der Waals surface area contributed by atoms with E-state index in [0.29, 0.717) is 24.5 Å². The van der Waals surface area contributed by atoms with Gasteiger partial charge in [-0.2, -0.15) is 0 Å². The molecule has 1 heterocycles. The average molecular weight is 264 g/mol. The van der Waals surface area contributed by atoms with Gasteiger partial charge in [0.1, 0.15) is 5.75 Å². The number of nitrogens with two attached hydrogens (primary N) is 1. The van der Waals surface area contributed by atoms with Crippen molar-refractivity contribution >= 4 is 11.8 Å². The quantitative estimate of drug-likeness (QED) is 0.803. The number of hydrogen-bond donors (Lipinski definition) is 2.